The molecule has 1 aromatic carbocycles. The second-order valence-electron chi connectivity index (χ2n) is 7.12. The molecule has 1 aromatic heterocycles. The van der Waals surface area contributed by atoms with Gasteiger partial charge in [0.1, 0.15) is 0 Å². The fourth-order valence-corrected chi connectivity index (χ4v) is 4.46. The molecule has 0 saturated carbocycles. The molecule has 2 aromatic rings. The minimum Gasteiger partial charge on any atom is -0.463 e. The van der Waals surface area contributed by atoms with Crippen LogP contribution in [0.2, 0.25) is 0 Å². The summed E-state index contributed by atoms with van der Waals surface area (Å²) in [4.78, 5) is 25.2. The number of nitrogens with one attached hydrogen (secondary N) is 2. The van der Waals surface area contributed by atoms with E-state index in [9.17, 15) is 9.59 Å². The Hall–Kier alpha value is -2.92. The van der Waals surface area contributed by atoms with Crippen molar-refractivity contribution in [3.8, 4) is 0 Å². The largest absolute Gasteiger partial charge is 0.463 e. The van der Waals surface area contributed by atoms with Crippen LogP contribution >= 0.6 is 11.8 Å². The summed E-state index contributed by atoms with van der Waals surface area (Å²) in [7, 11) is 0. The molecular weight excluding hydrogens is 420 g/mol. The second kappa shape index (κ2) is 9.92. The number of urea groups is 1. The van der Waals surface area contributed by atoms with Crippen molar-refractivity contribution in [2.45, 2.75) is 43.6 Å². The monoisotopic (exact) mass is 444 g/mol. The number of thioether (sulfide) groups is 1. The van der Waals surface area contributed by atoms with Gasteiger partial charge in [0.15, 0.2) is 0 Å². The lowest BCUT2D eigenvalue weighted by Gasteiger charge is -2.29. The summed E-state index contributed by atoms with van der Waals surface area (Å²) >= 11 is 1.35. The quantitative estimate of drug-likeness (QED) is 0.467. The highest BCUT2D eigenvalue weighted by molar-refractivity contribution is 7.99. The Morgan fingerprint density at radius 3 is 2.94 bits per heavy atom. The Kier molecular flexibility index (Phi) is 6.82. The fourth-order valence-electron chi connectivity index (χ4n) is 3.61. The first-order valence-electron chi connectivity index (χ1n) is 10.2. The smallest absolute Gasteiger partial charge is 0.338 e. The Bertz CT molecular complexity index is 958. The number of tetrazole rings is 1. The van der Waals surface area contributed by atoms with E-state index in [4.69, 9.17) is 9.47 Å². The van der Waals surface area contributed by atoms with Crippen molar-refractivity contribution in [2.24, 2.45) is 0 Å². The Morgan fingerprint density at radius 2 is 2.19 bits per heavy atom. The number of hydrogen-bond donors (Lipinski definition) is 2. The summed E-state index contributed by atoms with van der Waals surface area (Å²) in [5, 5.41) is 18.1. The number of rotatable bonds is 8. The SMILES string of the molecule is CCOC(=O)C1=C(CSc2nnnn2C[C@@H]2CCCO2)NC(=O)N[C@H]1c1ccccc1. The van der Waals surface area contributed by atoms with Crippen LogP contribution in [0.5, 0.6) is 0 Å². The molecule has 2 atom stereocenters. The Labute approximate surface area is 183 Å². The number of ether oxygens (including phenoxy) is 2. The molecule has 0 spiro atoms. The van der Waals surface area contributed by atoms with Crippen molar-refractivity contribution in [3.05, 3.63) is 47.2 Å². The van der Waals surface area contributed by atoms with E-state index >= 15 is 0 Å². The van der Waals surface area contributed by atoms with Gasteiger partial charge in [-0.1, -0.05) is 42.1 Å². The molecule has 4 rings (SSSR count). The molecule has 0 bridgehead atoms. The zero-order valence-corrected chi connectivity index (χ0v) is 17.9. The van der Waals surface area contributed by atoms with Crippen LogP contribution in [0.25, 0.3) is 0 Å². The molecule has 2 aliphatic heterocycles. The van der Waals surface area contributed by atoms with E-state index in [1.807, 2.05) is 30.3 Å². The third-order valence-corrected chi connectivity index (χ3v) is 6.01. The van der Waals surface area contributed by atoms with E-state index in [2.05, 4.69) is 26.2 Å². The second-order valence-corrected chi connectivity index (χ2v) is 8.06. The van der Waals surface area contributed by atoms with Gasteiger partial charge in [-0.2, -0.15) is 0 Å². The van der Waals surface area contributed by atoms with Gasteiger partial charge in [-0.05, 0) is 35.8 Å². The van der Waals surface area contributed by atoms with Gasteiger partial charge in [0.2, 0.25) is 5.16 Å². The number of esters is 1. The Morgan fingerprint density at radius 1 is 1.35 bits per heavy atom. The standard InChI is InChI=1S/C20H24N6O4S/c1-2-29-18(27)16-15(21-19(28)22-17(16)13-7-4-3-5-8-13)12-31-20-23-24-25-26(20)11-14-9-6-10-30-14/h3-5,7-8,14,17H,2,6,9-12H2,1H3,(H2,21,22,28)/t14-,17-/m0/s1. The minimum absolute atomic E-state index is 0.0956. The number of amides is 2. The molecule has 0 unspecified atom stereocenters. The average molecular weight is 445 g/mol. The normalized spacial score (nSPS) is 21.0. The third-order valence-electron chi connectivity index (χ3n) is 5.03. The molecule has 0 aliphatic carbocycles. The number of nitrogens with zero attached hydrogens (tertiary/aromatic N) is 4. The summed E-state index contributed by atoms with van der Waals surface area (Å²) in [5.74, 6) is -0.171. The van der Waals surface area contributed by atoms with Crippen LogP contribution < -0.4 is 10.6 Å². The van der Waals surface area contributed by atoms with E-state index in [1.165, 1.54) is 11.8 Å². The van der Waals surface area contributed by atoms with Crippen LogP contribution in [0.15, 0.2) is 46.8 Å². The van der Waals surface area contributed by atoms with Gasteiger partial charge in [0, 0.05) is 18.1 Å². The highest BCUT2D eigenvalue weighted by Crippen LogP contribution is 2.30. The molecule has 11 heteroatoms. The predicted octanol–water partition coefficient (Wildman–Crippen LogP) is 1.82. The fraction of sp³-hybridized carbons (Fsp3) is 0.450. The van der Waals surface area contributed by atoms with E-state index in [0.29, 0.717) is 28.7 Å². The number of hydrogen-bond acceptors (Lipinski definition) is 8. The zero-order valence-electron chi connectivity index (χ0n) is 17.1. The van der Waals surface area contributed by atoms with Crippen LogP contribution in [0.4, 0.5) is 4.79 Å². The summed E-state index contributed by atoms with van der Waals surface area (Å²) in [6.45, 7) is 3.31. The minimum atomic E-state index is -0.604. The van der Waals surface area contributed by atoms with Crippen molar-refractivity contribution in [1.82, 2.24) is 30.8 Å². The highest BCUT2D eigenvalue weighted by atomic mass is 32.2. The van der Waals surface area contributed by atoms with Crippen molar-refractivity contribution in [2.75, 3.05) is 19.0 Å². The van der Waals surface area contributed by atoms with Crippen LogP contribution in [-0.2, 0) is 20.8 Å². The maximum absolute atomic E-state index is 12.8. The summed E-state index contributed by atoms with van der Waals surface area (Å²) in [6, 6.07) is 8.35. The summed E-state index contributed by atoms with van der Waals surface area (Å²) in [5.41, 5.74) is 1.65. The Balaban J connectivity index is 1.58. The van der Waals surface area contributed by atoms with Crippen LogP contribution in [0.1, 0.15) is 31.4 Å². The number of aromatic nitrogens is 4. The molecule has 2 amide bonds. The zero-order chi connectivity index (χ0) is 21.6. The van der Waals surface area contributed by atoms with Crippen molar-refractivity contribution < 1.29 is 19.1 Å². The molecular formula is C20H24N6O4S. The first-order valence-corrected chi connectivity index (χ1v) is 11.2. The van der Waals surface area contributed by atoms with Gasteiger partial charge >= 0.3 is 12.0 Å². The maximum Gasteiger partial charge on any atom is 0.338 e. The van der Waals surface area contributed by atoms with E-state index in [1.54, 1.807) is 11.6 Å². The molecule has 164 valence electrons. The number of carbonyl (C=O) groups excluding carboxylic acids is 2. The first-order chi connectivity index (χ1) is 15.2. The molecule has 2 N–H and O–H groups in total. The van der Waals surface area contributed by atoms with Crippen molar-refractivity contribution in [1.29, 1.82) is 0 Å². The van der Waals surface area contributed by atoms with E-state index in [-0.39, 0.29) is 18.7 Å². The molecule has 2 aliphatic rings. The summed E-state index contributed by atoms with van der Waals surface area (Å²) in [6.07, 6.45) is 2.10. The van der Waals surface area contributed by atoms with Gasteiger partial charge in [0.25, 0.3) is 0 Å². The molecule has 1 fully saturated rings. The van der Waals surface area contributed by atoms with E-state index in [0.717, 1.165) is 25.0 Å². The molecule has 31 heavy (non-hydrogen) atoms. The van der Waals surface area contributed by atoms with Gasteiger partial charge in [-0.3, -0.25) is 0 Å². The maximum atomic E-state index is 12.8. The van der Waals surface area contributed by atoms with Crippen LogP contribution in [0, 0.1) is 0 Å². The van der Waals surface area contributed by atoms with Gasteiger partial charge in [-0.15, -0.1) is 5.10 Å². The number of benzene rings is 1. The molecule has 3 heterocycles. The molecule has 0 radical (unpaired) electrons. The van der Waals surface area contributed by atoms with Crippen LogP contribution in [-0.4, -0.2) is 57.3 Å². The average Bonchev–Trinajstić information content (AvgIpc) is 3.45. The lowest BCUT2D eigenvalue weighted by molar-refractivity contribution is -0.139. The predicted molar refractivity (Wildman–Crippen MR) is 112 cm³/mol. The third kappa shape index (κ3) is 5.05. The highest BCUT2D eigenvalue weighted by Gasteiger charge is 2.34. The van der Waals surface area contributed by atoms with E-state index < -0.39 is 12.0 Å². The van der Waals surface area contributed by atoms with Crippen LogP contribution in [0.3, 0.4) is 0 Å². The summed E-state index contributed by atoms with van der Waals surface area (Å²) < 4.78 is 12.7. The topological polar surface area (TPSA) is 120 Å². The number of carbonyl (C=O) groups is 2. The lowest BCUT2D eigenvalue weighted by atomic mass is 9.95. The van der Waals surface area contributed by atoms with Crippen molar-refractivity contribution in [3.63, 3.8) is 0 Å². The van der Waals surface area contributed by atoms with Gasteiger partial charge in [-0.25, -0.2) is 14.3 Å². The molecule has 1 saturated heterocycles. The van der Waals surface area contributed by atoms with Gasteiger partial charge < -0.3 is 20.1 Å². The first kappa shape index (κ1) is 21.3. The molecule has 10 nitrogen and oxygen atoms in total. The van der Waals surface area contributed by atoms with Crippen molar-refractivity contribution >= 4 is 23.8 Å². The van der Waals surface area contributed by atoms with Gasteiger partial charge in [0.05, 0.1) is 30.9 Å². The lowest BCUT2D eigenvalue weighted by Crippen LogP contribution is -2.46.